The van der Waals surface area contributed by atoms with E-state index in [2.05, 4.69) is 9.88 Å². The van der Waals surface area contributed by atoms with E-state index in [0.717, 1.165) is 18.5 Å². The van der Waals surface area contributed by atoms with Crippen LogP contribution >= 0.6 is 0 Å². The molecule has 0 spiro atoms. The van der Waals surface area contributed by atoms with E-state index >= 15 is 0 Å². The number of nitrogens with zero attached hydrogens (tertiary/aromatic N) is 3. The smallest absolute Gasteiger partial charge is 0.363 e. The van der Waals surface area contributed by atoms with Crippen LogP contribution in [0.2, 0.25) is 0 Å². The second-order valence-corrected chi connectivity index (χ2v) is 4.49. The van der Waals surface area contributed by atoms with Crippen LogP contribution in [0.15, 0.2) is 18.3 Å². The summed E-state index contributed by atoms with van der Waals surface area (Å²) in [6, 6.07) is 3.54. The molecule has 98 valence electrons. The van der Waals surface area contributed by atoms with E-state index < -0.39 is 4.92 Å². The predicted molar refractivity (Wildman–Crippen MR) is 67.6 cm³/mol. The molecule has 0 bridgehead atoms. The highest BCUT2D eigenvalue weighted by Gasteiger charge is 2.23. The maximum atomic E-state index is 10.6. The van der Waals surface area contributed by atoms with Gasteiger partial charge in [0.15, 0.2) is 6.20 Å². The molecule has 0 unspecified atom stereocenters. The zero-order valence-electron chi connectivity index (χ0n) is 10.2. The van der Waals surface area contributed by atoms with Crippen LogP contribution in [0.25, 0.3) is 0 Å². The second kappa shape index (κ2) is 5.77. The monoisotopic (exact) mass is 251 g/mol. The Morgan fingerprint density at radius 1 is 1.44 bits per heavy atom. The summed E-state index contributed by atoms with van der Waals surface area (Å²) >= 11 is 0. The molecule has 18 heavy (non-hydrogen) atoms. The highest BCUT2D eigenvalue weighted by Crippen LogP contribution is 2.28. The van der Waals surface area contributed by atoms with Gasteiger partial charge < -0.3 is 20.1 Å². The zero-order chi connectivity index (χ0) is 13.0. The van der Waals surface area contributed by atoms with Crippen LogP contribution < -0.4 is 4.90 Å². The number of aliphatic hydroxyl groups is 1. The molecule has 1 fully saturated rings. The van der Waals surface area contributed by atoms with Gasteiger partial charge in [-0.3, -0.25) is 0 Å². The number of aliphatic hydroxyl groups excluding tert-OH is 1. The Morgan fingerprint density at radius 2 is 2.17 bits per heavy atom. The van der Waals surface area contributed by atoms with Gasteiger partial charge in [0.05, 0.1) is 12.3 Å². The van der Waals surface area contributed by atoms with Crippen molar-refractivity contribution in [2.75, 3.05) is 18.1 Å². The average Bonchev–Trinajstić information content (AvgIpc) is 2.90. The first-order valence-corrected chi connectivity index (χ1v) is 6.20. The van der Waals surface area contributed by atoms with Gasteiger partial charge in [0.2, 0.25) is 0 Å². The third-order valence-electron chi connectivity index (χ3n) is 3.36. The van der Waals surface area contributed by atoms with E-state index in [-0.39, 0.29) is 12.4 Å². The minimum absolute atomic E-state index is 0.0769. The predicted octanol–water partition coefficient (Wildman–Crippen LogP) is 1.73. The fourth-order valence-corrected chi connectivity index (χ4v) is 2.50. The van der Waals surface area contributed by atoms with Gasteiger partial charge in [0.1, 0.15) is 0 Å². The molecule has 0 saturated heterocycles. The molecule has 0 aromatic carbocycles. The normalized spacial score (nSPS) is 15.8. The summed E-state index contributed by atoms with van der Waals surface area (Å²) in [4.78, 5) is 16.0. The molecule has 1 aromatic rings. The van der Waals surface area contributed by atoms with Crippen LogP contribution in [0.5, 0.6) is 0 Å². The van der Waals surface area contributed by atoms with Crippen molar-refractivity contribution in [1.82, 2.24) is 4.98 Å². The molecule has 0 aliphatic heterocycles. The van der Waals surface area contributed by atoms with Crippen LogP contribution in [-0.4, -0.2) is 34.2 Å². The Morgan fingerprint density at radius 3 is 2.67 bits per heavy atom. The fourth-order valence-electron chi connectivity index (χ4n) is 2.50. The SMILES string of the molecule is O=[N+]([O-])c1ccc(N(CCO)C2CCCC2)cn1. The Bertz CT molecular complexity index is 402. The van der Waals surface area contributed by atoms with Gasteiger partial charge >= 0.3 is 5.82 Å². The number of hydrogen-bond acceptors (Lipinski definition) is 5. The van der Waals surface area contributed by atoms with E-state index in [9.17, 15) is 10.1 Å². The van der Waals surface area contributed by atoms with Crippen LogP contribution in [0.3, 0.4) is 0 Å². The standard InChI is InChI=1S/C12H17N3O3/c16-8-7-14(10-3-1-2-4-10)11-5-6-12(13-9-11)15(17)18/h5-6,9-10,16H,1-4,7-8H2. The van der Waals surface area contributed by atoms with Crippen molar-refractivity contribution in [3.8, 4) is 0 Å². The van der Waals surface area contributed by atoms with Crippen molar-refractivity contribution in [2.45, 2.75) is 31.7 Å². The summed E-state index contributed by atoms with van der Waals surface area (Å²) in [6.45, 7) is 0.623. The van der Waals surface area contributed by atoms with Crippen molar-refractivity contribution >= 4 is 11.5 Å². The maximum absolute atomic E-state index is 10.6. The molecule has 6 nitrogen and oxygen atoms in total. The van der Waals surface area contributed by atoms with E-state index in [1.807, 2.05) is 0 Å². The molecule has 1 N–H and O–H groups in total. The lowest BCUT2D eigenvalue weighted by Crippen LogP contribution is -2.35. The molecular formula is C12H17N3O3. The Labute approximate surface area is 105 Å². The van der Waals surface area contributed by atoms with Crippen LogP contribution in [-0.2, 0) is 0 Å². The number of anilines is 1. The Balaban J connectivity index is 2.16. The summed E-state index contributed by atoms with van der Waals surface area (Å²) in [5.74, 6) is -0.144. The van der Waals surface area contributed by atoms with E-state index in [4.69, 9.17) is 5.11 Å². The lowest BCUT2D eigenvalue weighted by molar-refractivity contribution is -0.389. The fraction of sp³-hybridized carbons (Fsp3) is 0.583. The third-order valence-corrected chi connectivity index (χ3v) is 3.36. The van der Waals surface area contributed by atoms with Crippen molar-refractivity contribution in [2.24, 2.45) is 0 Å². The first-order chi connectivity index (χ1) is 8.72. The second-order valence-electron chi connectivity index (χ2n) is 4.49. The van der Waals surface area contributed by atoms with E-state index in [0.29, 0.717) is 12.6 Å². The lowest BCUT2D eigenvalue weighted by Gasteiger charge is -2.29. The highest BCUT2D eigenvalue weighted by molar-refractivity contribution is 5.47. The van der Waals surface area contributed by atoms with Gasteiger partial charge in [0, 0.05) is 18.7 Å². The molecule has 2 rings (SSSR count). The van der Waals surface area contributed by atoms with Crippen LogP contribution in [0.4, 0.5) is 11.5 Å². The van der Waals surface area contributed by atoms with Gasteiger partial charge in [-0.15, -0.1) is 0 Å². The molecular weight excluding hydrogens is 234 g/mol. The van der Waals surface area contributed by atoms with Gasteiger partial charge in [0.25, 0.3) is 0 Å². The molecule has 0 radical (unpaired) electrons. The Hall–Kier alpha value is -1.69. The lowest BCUT2D eigenvalue weighted by atomic mass is 10.2. The molecule has 1 heterocycles. The number of rotatable bonds is 5. The summed E-state index contributed by atoms with van der Waals surface area (Å²) in [6.07, 6.45) is 6.14. The number of aromatic nitrogens is 1. The minimum Gasteiger partial charge on any atom is -0.395 e. The summed E-state index contributed by atoms with van der Waals surface area (Å²) in [5, 5.41) is 19.7. The van der Waals surface area contributed by atoms with Crippen LogP contribution in [0, 0.1) is 10.1 Å². The molecule has 1 aliphatic rings. The van der Waals surface area contributed by atoms with E-state index in [1.165, 1.54) is 25.1 Å². The maximum Gasteiger partial charge on any atom is 0.363 e. The summed E-state index contributed by atoms with van der Waals surface area (Å²) in [7, 11) is 0. The largest absolute Gasteiger partial charge is 0.395 e. The first kappa shape index (κ1) is 12.8. The molecule has 6 heteroatoms. The average molecular weight is 251 g/mol. The first-order valence-electron chi connectivity index (χ1n) is 6.20. The van der Waals surface area contributed by atoms with Crippen LogP contribution in [0.1, 0.15) is 25.7 Å². The highest BCUT2D eigenvalue weighted by atomic mass is 16.6. The quantitative estimate of drug-likeness (QED) is 0.636. The minimum atomic E-state index is -0.504. The van der Waals surface area contributed by atoms with Crippen molar-refractivity contribution in [1.29, 1.82) is 0 Å². The van der Waals surface area contributed by atoms with Crippen molar-refractivity contribution in [3.63, 3.8) is 0 Å². The number of nitro groups is 1. The topological polar surface area (TPSA) is 79.5 Å². The molecule has 1 aliphatic carbocycles. The number of pyridine rings is 1. The number of hydrogen-bond donors (Lipinski definition) is 1. The van der Waals surface area contributed by atoms with Crippen molar-refractivity contribution in [3.05, 3.63) is 28.4 Å². The summed E-state index contributed by atoms with van der Waals surface area (Å²) in [5.41, 5.74) is 0.849. The third kappa shape index (κ3) is 2.76. The molecule has 0 amide bonds. The van der Waals surface area contributed by atoms with E-state index in [1.54, 1.807) is 6.07 Å². The molecule has 0 atom stereocenters. The van der Waals surface area contributed by atoms with Gasteiger partial charge in [-0.05, 0) is 28.8 Å². The van der Waals surface area contributed by atoms with Gasteiger partial charge in [-0.25, -0.2) is 0 Å². The van der Waals surface area contributed by atoms with Gasteiger partial charge in [-0.1, -0.05) is 12.8 Å². The Kier molecular flexibility index (Phi) is 4.09. The molecule has 1 saturated carbocycles. The van der Waals surface area contributed by atoms with Crippen molar-refractivity contribution < 1.29 is 10.0 Å². The molecule has 1 aromatic heterocycles. The zero-order valence-corrected chi connectivity index (χ0v) is 10.2. The van der Waals surface area contributed by atoms with Gasteiger partial charge in [-0.2, -0.15) is 0 Å². The summed E-state index contributed by atoms with van der Waals surface area (Å²) < 4.78 is 0.